The molecule has 0 radical (unpaired) electrons. The summed E-state index contributed by atoms with van der Waals surface area (Å²) in [5.41, 5.74) is 2.31. The van der Waals surface area contributed by atoms with Crippen LogP contribution >= 0.6 is 11.3 Å². The van der Waals surface area contributed by atoms with Crippen molar-refractivity contribution in [3.63, 3.8) is 0 Å². The van der Waals surface area contributed by atoms with Gasteiger partial charge in [-0.1, -0.05) is 0 Å². The second kappa shape index (κ2) is 5.24. The lowest BCUT2D eigenvalue weighted by Gasteiger charge is -2.10. The van der Waals surface area contributed by atoms with Crippen LogP contribution in [-0.2, 0) is 6.54 Å². The number of aryl methyl sites for hydroxylation is 1. The van der Waals surface area contributed by atoms with Crippen LogP contribution in [0, 0.1) is 6.92 Å². The lowest BCUT2D eigenvalue weighted by Crippen LogP contribution is -2.06. The van der Waals surface area contributed by atoms with Crippen molar-refractivity contribution in [1.82, 2.24) is 14.8 Å². The first-order chi connectivity index (χ1) is 9.34. The maximum Gasteiger partial charge on any atom is 0.176 e. The molecule has 0 atom stereocenters. The second-order valence-corrected chi connectivity index (χ2v) is 5.21. The summed E-state index contributed by atoms with van der Waals surface area (Å²) >= 11 is 1.77. The highest BCUT2D eigenvalue weighted by Gasteiger charge is 2.06. The molecule has 0 aliphatic heterocycles. The molecule has 0 bridgehead atoms. The standard InChI is InChI=1S/C14H14N4S/c1-11-5-9-19-13(11)10-16-12-4-2-6-15-14(12)18-8-3-7-17-18/h2-9,16H,10H2,1H3. The van der Waals surface area contributed by atoms with Crippen molar-refractivity contribution in [2.75, 3.05) is 5.32 Å². The van der Waals surface area contributed by atoms with Crippen LogP contribution in [0.1, 0.15) is 10.4 Å². The summed E-state index contributed by atoms with van der Waals surface area (Å²) in [6.07, 6.45) is 5.42. The van der Waals surface area contributed by atoms with E-state index < -0.39 is 0 Å². The number of thiophene rings is 1. The Morgan fingerprint density at radius 3 is 2.95 bits per heavy atom. The minimum atomic E-state index is 0.809. The molecule has 1 N–H and O–H groups in total. The summed E-state index contributed by atoms with van der Waals surface area (Å²) in [5.74, 6) is 0.821. The fraction of sp³-hybridized carbons (Fsp3) is 0.143. The summed E-state index contributed by atoms with van der Waals surface area (Å²) in [7, 11) is 0. The number of hydrogen-bond acceptors (Lipinski definition) is 4. The van der Waals surface area contributed by atoms with Gasteiger partial charge >= 0.3 is 0 Å². The largest absolute Gasteiger partial charge is 0.377 e. The molecule has 0 aromatic carbocycles. The van der Waals surface area contributed by atoms with Gasteiger partial charge in [0.15, 0.2) is 5.82 Å². The zero-order valence-electron chi connectivity index (χ0n) is 10.6. The van der Waals surface area contributed by atoms with Gasteiger partial charge in [0.05, 0.1) is 5.69 Å². The topological polar surface area (TPSA) is 42.7 Å². The molecule has 3 rings (SSSR count). The van der Waals surface area contributed by atoms with Gasteiger partial charge in [-0.2, -0.15) is 5.10 Å². The molecule has 0 fully saturated rings. The van der Waals surface area contributed by atoms with E-state index in [0.717, 1.165) is 18.1 Å². The lowest BCUT2D eigenvalue weighted by molar-refractivity contribution is 0.846. The molecule has 0 amide bonds. The summed E-state index contributed by atoms with van der Waals surface area (Å²) in [6.45, 7) is 2.94. The highest BCUT2D eigenvalue weighted by molar-refractivity contribution is 7.10. The Balaban J connectivity index is 1.84. The van der Waals surface area contributed by atoms with Gasteiger partial charge in [0.1, 0.15) is 0 Å². The molecule has 3 aromatic heterocycles. The number of pyridine rings is 1. The van der Waals surface area contributed by atoms with Crippen LogP contribution in [0.4, 0.5) is 5.69 Å². The Labute approximate surface area is 115 Å². The molecule has 3 aromatic rings. The van der Waals surface area contributed by atoms with Crippen LogP contribution in [0.3, 0.4) is 0 Å². The molecule has 0 aliphatic carbocycles. The third-order valence-electron chi connectivity index (χ3n) is 2.92. The Kier molecular flexibility index (Phi) is 3.29. The SMILES string of the molecule is Cc1ccsc1CNc1cccnc1-n1cccn1. The first-order valence-corrected chi connectivity index (χ1v) is 6.94. The third-order valence-corrected chi connectivity index (χ3v) is 3.94. The molecule has 3 heterocycles. The molecular weight excluding hydrogens is 256 g/mol. The predicted octanol–water partition coefficient (Wildman–Crippen LogP) is 3.25. The zero-order valence-corrected chi connectivity index (χ0v) is 11.4. The van der Waals surface area contributed by atoms with Gasteiger partial charge in [-0.25, -0.2) is 9.67 Å². The number of nitrogens with one attached hydrogen (secondary N) is 1. The molecule has 96 valence electrons. The fourth-order valence-electron chi connectivity index (χ4n) is 1.87. The van der Waals surface area contributed by atoms with E-state index in [2.05, 4.69) is 33.8 Å². The molecule has 0 saturated heterocycles. The normalized spacial score (nSPS) is 10.6. The van der Waals surface area contributed by atoms with Crippen molar-refractivity contribution in [1.29, 1.82) is 0 Å². The summed E-state index contributed by atoms with van der Waals surface area (Å²) in [6, 6.07) is 7.98. The molecule has 0 aliphatic rings. The first kappa shape index (κ1) is 11.9. The first-order valence-electron chi connectivity index (χ1n) is 6.06. The maximum atomic E-state index is 4.38. The molecule has 0 saturated carbocycles. The number of rotatable bonds is 4. The van der Waals surface area contributed by atoms with E-state index in [1.807, 2.05) is 24.4 Å². The molecule has 0 unspecified atom stereocenters. The van der Waals surface area contributed by atoms with Crippen LogP contribution in [0.5, 0.6) is 0 Å². The zero-order chi connectivity index (χ0) is 13.1. The fourth-order valence-corrected chi connectivity index (χ4v) is 2.72. The van der Waals surface area contributed by atoms with Gasteiger partial charge in [0.25, 0.3) is 0 Å². The Morgan fingerprint density at radius 1 is 1.26 bits per heavy atom. The van der Waals surface area contributed by atoms with Gasteiger partial charge < -0.3 is 5.32 Å². The molecule has 19 heavy (non-hydrogen) atoms. The molecular formula is C14H14N4S. The number of nitrogens with zero attached hydrogens (tertiary/aromatic N) is 3. The van der Waals surface area contributed by atoms with Gasteiger partial charge in [-0.3, -0.25) is 0 Å². The molecule has 4 nitrogen and oxygen atoms in total. The average Bonchev–Trinajstić information content (AvgIpc) is 3.08. The minimum Gasteiger partial charge on any atom is -0.377 e. The van der Waals surface area contributed by atoms with Gasteiger partial charge in [-0.15, -0.1) is 11.3 Å². The minimum absolute atomic E-state index is 0.809. The van der Waals surface area contributed by atoms with Crippen LogP contribution < -0.4 is 5.32 Å². The third kappa shape index (κ3) is 2.51. The number of hydrogen-bond donors (Lipinski definition) is 1. The van der Waals surface area contributed by atoms with E-state index in [1.54, 1.807) is 28.4 Å². The van der Waals surface area contributed by atoms with Gasteiger partial charge in [-0.05, 0) is 42.1 Å². The van der Waals surface area contributed by atoms with Crippen molar-refractivity contribution in [3.8, 4) is 5.82 Å². The average molecular weight is 270 g/mol. The van der Waals surface area contributed by atoms with Crippen molar-refractivity contribution in [2.45, 2.75) is 13.5 Å². The van der Waals surface area contributed by atoms with E-state index in [4.69, 9.17) is 0 Å². The van der Waals surface area contributed by atoms with Crippen LogP contribution in [0.2, 0.25) is 0 Å². The van der Waals surface area contributed by atoms with E-state index in [1.165, 1.54) is 10.4 Å². The van der Waals surface area contributed by atoms with E-state index in [-0.39, 0.29) is 0 Å². The Bertz CT molecular complexity index is 658. The summed E-state index contributed by atoms with van der Waals surface area (Å²) < 4.78 is 1.77. The number of aromatic nitrogens is 3. The summed E-state index contributed by atoms with van der Waals surface area (Å²) in [4.78, 5) is 5.73. The van der Waals surface area contributed by atoms with Gasteiger partial charge in [0.2, 0.25) is 0 Å². The van der Waals surface area contributed by atoms with Crippen LogP contribution in [-0.4, -0.2) is 14.8 Å². The smallest absolute Gasteiger partial charge is 0.176 e. The lowest BCUT2D eigenvalue weighted by atomic mass is 10.3. The highest BCUT2D eigenvalue weighted by Crippen LogP contribution is 2.20. The van der Waals surface area contributed by atoms with Gasteiger partial charge in [0, 0.05) is 30.0 Å². The summed E-state index contributed by atoms with van der Waals surface area (Å²) in [5, 5.41) is 9.77. The van der Waals surface area contributed by atoms with Crippen LogP contribution in [0.25, 0.3) is 5.82 Å². The number of anilines is 1. The van der Waals surface area contributed by atoms with Crippen LogP contribution in [0.15, 0.2) is 48.2 Å². The maximum absolute atomic E-state index is 4.38. The van der Waals surface area contributed by atoms with Crippen molar-refractivity contribution >= 4 is 17.0 Å². The Hall–Kier alpha value is -2.14. The van der Waals surface area contributed by atoms with Crippen molar-refractivity contribution < 1.29 is 0 Å². The molecule has 0 spiro atoms. The Morgan fingerprint density at radius 2 is 2.21 bits per heavy atom. The highest BCUT2D eigenvalue weighted by atomic mass is 32.1. The van der Waals surface area contributed by atoms with Crippen molar-refractivity contribution in [2.24, 2.45) is 0 Å². The monoisotopic (exact) mass is 270 g/mol. The van der Waals surface area contributed by atoms with E-state index in [9.17, 15) is 0 Å². The van der Waals surface area contributed by atoms with E-state index >= 15 is 0 Å². The quantitative estimate of drug-likeness (QED) is 0.791. The van der Waals surface area contributed by atoms with E-state index in [0.29, 0.717) is 0 Å². The van der Waals surface area contributed by atoms with Crippen molar-refractivity contribution in [3.05, 3.63) is 58.7 Å². The second-order valence-electron chi connectivity index (χ2n) is 4.21. The predicted molar refractivity (Wildman–Crippen MR) is 77.7 cm³/mol. The molecule has 5 heteroatoms.